The van der Waals surface area contributed by atoms with E-state index in [1.54, 1.807) is 0 Å². The van der Waals surface area contributed by atoms with Crippen LogP contribution in [-0.2, 0) is 0 Å². The largest absolute Gasteiger partial charge is 0.264 e. The number of aryl methyl sites for hydroxylation is 1. The van der Waals surface area contributed by atoms with Crippen LogP contribution in [0.4, 0.5) is 0 Å². The monoisotopic (exact) mass is 243 g/mol. The molecular weight excluding hydrogens is 226 g/mol. The third-order valence-corrected chi connectivity index (χ3v) is 2.39. The van der Waals surface area contributed by atoms with E-state index in [2.05, 4.69) is 19.1 Å². The molecule has 1 rings (SSSR count). The standard InChI is InChI=1S/C7H8.C5H10ClNO2/c1-7-5-3-2-4-6-7;1-2-3-5(4-6)7(8)9/h2-6H,1H3;5H,2-4H2,1H3. The van der Waals surface area contributed by atoms with Gasteiger partial charge in [0, 0.05) is 11.3 Å². The average molecular weight is 244 g/mol. The molecule has 1 aromatic rings. The number of halogens is 1. The van der Waals surface area contributed by atoms with Crippen LogP contribution in [0.5, 0.6) is 0 Å². The molecule has 0 aliphatic carbocycles. The van der Waals surface area contributed by atoms with Crippen molar-refractivity contribution in [3.63, 3.8) is 0 Å². The topological polar surface area (TPSA) is 43.1 Å². The molecule has 0 saturated heterocycles. The lowest BCUT2D eigenvalue weighted by atomic mass is 10.2. The van der Waals surface area contributed by atoms with E-state index in [0.29, 0.717) is 6.42 Å². The highest BCUT2D eigenvalue weighted by Crippen LogP contribution is 2.01. The Morgan fingerprint density at radius 3 is 2.12 bits per heavy atom. The summed E-state index contributed by atoms with van der Waals surface area (Å²) in [5.41, 5.74) is 1.32. The van der Waals surface area contributed by atoms with E-state index in [0.717, 1.165) is 6.42 Å². The molecule has 0 heterocycles. The molecule has 0 fully saturated rings. The van der Waals surface area contributed by atoms with Crippen LogP contribution < -0.4 is 0 Å². The Balaban J connectivity index is 0.000000288. The number of hydrogen-bond acceptors (Lipinski definition) is 2. The van der Waals surface area contributed by atoms with Crippen molar-refractivity contribution in [3.05, 3.63) is 46.0 Å². The summed E-state index contributed by atoms with van der Waals surface area (Å²) in [5.74, 6) is 0.126. The zero-order valence-electron chi connectivity index (χ0n) is 9.73. The molecule has 0 aliphatic heterocycles. The molecule has 3 nitrogen and oxygen atoms in total. The van der Waals surface area contributed by atoms with E-state index in [1.807, 2.05) is 25.1 Å². The molecule has 0 amide bonds. The van der Waals surface area contributed by atoms with Crippen LogP contribution in [0.2, 0.25) is 0 Å². The second-order valence-electron chi connectivity index (χ2n) is 3.54. The average Bonchev–Trinajstić information content (AvgIpc) is 2.27. The van der Waals surface area contributed by atoms with Crippen LogP contribution in [-0.4, -0.2) is 16.8 Å². The van der Waals surface area contributed by atoms with E-state index in [-0.39, 0.29) is 10.8 Å². The maximum absolute atomic E-state index is 10.0. The molecule has 0 spiro atoms. The van der Waals surface area contributed by atoms with E-state index in [9.17, 15) is 10.1 Å². The van der Waals surface area contributed by atoms with Gasteiger partial charge in [0.15, 0.2) is 0 Å². The minimum absolute atomic E-state index is 0.126. The Hall–Kier alpha value is -1.09. The van der Waals surface area contributed by atoms with Crippen molar-refractivity contribution in [2.75, 3.05) is 5.88 Å². The molecule has 0 saturated carbocycles. The normalized spacial score (nSPS) is 11.2. The lowest BCUT2D eigenvalue weighted by Crippen LogP contribution is -2.20. The van der Waals surface area contributed by atoms with Gasteiger partial charge in [0.1, 0.15) is 0 Å². The number of rotatable bonds is 4. The quantitative estimate of drug-likeness (QED) is 0.460. The van der Waals surface area contributed by atoms with Crippen molar-refractivity contribution in [2.45, 2.75) is 32.7 Å². The van der Waals surface area contributed by atoms with Crippen molar-refractivity contribution in [1.82, 2.24) is 0 Å². The lowest BCUT2D eigenvalue weighted by Gasteiger charge is -2.01. The molecular formula is C12H18ClNO2. The zero-order valence-corrected chi connectivity index (χ0v) is 10.5. The van der Waals surface area contributed by atoms with Gasteiger partial charge >= 0.3 is 0 Å². The summed E-state index contributed by atoms with van der Waals surface area (Å²) < 4.78 is 0. The van der Waals surface area contributed by atoms with Gasteiger partial charge in [0.2, 0.25) is 6.04 Å². The highest BCUT2D eigenvalue weighted by atomic mass is 35.5. The van der Waals surface area contributed by atoms with Gasteiger partial charge in [-0.05, 0) is 13.3 Å². The highest BCUT2D eigenvalue weighted by Gasteiger charge is 2.15. The molecule has 0 aromatic heterocycles. The molecule has 1 atom stereocenters. The molecule has 4 heteroatoms. The van der Waals surface area contributed by atoms with Gasteiger partial charge in [-0.25, -0.2) is 0 Å². The molecule has 16 heavy (non-hydrogen) atoms. The minimum atomic E-state index is -0.545. The van der Waals surface area contributed by atoms with Gasteiger partial charge in [0.05, 0.1) is 5.88 Å². The minimum Gasteiger partial charge on any atom is -0.264 e. The first-order valence-corrected chi connectivity index (χ1v) is 5.86. The van der Waals surface area contributed by atoms with Crippen molar-refractivity contribution in [3.8, 4) is 0 Å². The predicted octanol–water partition coefficient (Wildman–Crippen LogP) is 3.67. The van der Waals surface area contributed by atoms with Gasteiger partial charge < -0.3 is 0 Å². The Bertz CT molecular complexity index is 290. The number of benzene rings is 1. The summed E-state index contributed by atoms with van der Waals surface area (Å²) >= 11 is 5.30. The Morgan fingerprint density at radius 2 is 1.94 bits per heavy atom. The molecule has 1 unspecified atom stereocenters. The fourth-order valence-electron chi connectivity index (χ4n) is 1.11. The highest BCUT2D eigenvalue weighted by molar-refractivity contribution is 6.18. The molecule has 0 bridgehead atoms. The van der Waals surface area contributed by atoms with Crippen molar-refractivity contribution in [1.29, 1.82) is 0 Å². The fourth-order valence-corrected chi connectivity index (χ4v) is 1.37. The Labute approximate surface area is 102 Å². The summed E-state index contributed by atoms with van der Waals surface area (Å²) in [4.78, 5) is 9.72. The number of hydrogen-bond donors (Lipinski definition) is 0. The van der Waals surface area contributed by atoms with Crippen molar-refractivity contribution >= 4 is 11.6 Å². The third kappa shape index (κ3) is 7.23. The van der Waals surface area contributed by atoms with Crippen LogP contribution in [0, 0.1) is 17.0 Å². The summed E-state index contributed by atoms with van der Waals surface area (Å²) in [5, 5.41) is 10.0. The first-order valence-electron chi connectivity index (χ1n) is 5.32. The Morgan fingerprint density at radius 1 is 1.38 bits per heavy atom. The number of nitro groups is 1. The van der Waals surface area contributed by atoms with E-state index >= 15 is 0 Å². The second-order valence-corrected chi connectivity index (χ2v) is 3.85. The van der Waals surface area contributed by atoms with Crippen molar-refractivity contribution in [2.24, 2.45) is 0 Å². The van der Waals surface area contributed by atoms with E-state index in [1.165, 1.54) is 5.56 Å². The van der Waals surface area contributed by atoms with Gasteiger partial charge in [-0.1, -0.05) is 42.8 Å². The maximum atomic E-state index is 10.0. The number of nitrogens with zero attached hydrogens (tertiary/aromatic N) is 1. The summed E-state index contributed by atoms with van der Waals surface area (Å²) in [6, 6.07) is 9.72. The summed E-state index contributed by atoms with van der Waals surface area (Å²) in [6.07, 6.45) is 1.40. The van der Waals surface area contributed by atoms with Crippen molar-refractivity contribution < 1.29 is 4.92 Å². The van der Waals surface area contributed by atoms with Crippen LogP contribution in [0.25, 0.3) is 0 Å². The predicted molar refractivity (Wildman–Crippen MR) is 67.6 cm³/mol. The molecule has 90 valence electrons. The van der Waals surface area contributed by atoms with Crippen LogP contribution in [0.1, 0.15) is 25.3 Å². The first-order chi connectivity index (χ1) is 7.61. The summed E-state index contributed by atoms with van der Waals surface area (Å²) in [6.45, 7) is 3.99. The van der Waals surface area contributed by atoms with Crippen LogP contribution in [0.15, 0.2) is 30.3 Å². The number of alkyl halides is 1. The van der Waals surface area contributed by atoms with Gasteiger partial charge in [-0.2, -0.15) is 0 Å². The second kappa shape index (κ2) is 9.16. The molecule has 0 N–H and O–H groups in total. The smallest absolute Gasteiger partial charge is 0.226 e. The molecule has 1 aromatic carbocycles. The SMILES string of the molecule is CCCC(CCl)[N+](=O)[O-].Cc1ccccc1. The fraction of sp³-hybridized carbons (Fsp3) is 0.500. The lowest BCUT2D eigenvalue weighted by molar-refractivity contribution is -0.517. The molecule has 0 radical (unpaired) electrons. The van der Waals surface area contributed by atoms with E-state index < -0.39 is 6.04 Å². The summed E-state index contributed by atoms with van der Waals surface area (Å²) in [7, 11) is 0. The van der Waals surface area contributed by atoms with Crippen LogP contribution in [0.3, 0.4) is 0 Å². The Kier molecular flexibility index (Phi) is 8.53. The van der Waals surface area contributed by atoms with E-state index in [4.69, 9.17) is 11.6 Å². The van der Waals surface area contributed by atoms with Crippen LogP contribution >= 0.6 is 11.6 Å². The van der Waals surface area contributed by atoms with Gasteiger partial charge in [-0.3, -0.25) is 10.1 Å². The van der Waals surface area contributed by atoms with Gasteiger partial charge in [0.25, 0.3) is 0 Å². The third-order valence-electron chi connectivity index (χ3n) is 2.04. The van der Waals surface area contributed by atoms with Gasteiger partial charge in [-0.15, -0.1) is 11.6 Å². The zero-order chi connectivity index (χ0) is 12.4. The maximum Gasteiger partial charge on any atom is 0.226 e. The first kappa shape index (κ1) is 14.9. The molecule has 0 aliphatic rings.